The molecule has 0 unspecified atom stereocenters. The highest BCUT2D eigenvalue weighted by molar-refractivity contribution is 5.90. The molecular weight excluding hydrogens is 438 g/mol. The number of carbonyl (C=O) groups excluding carboxylic acids is 2. The van der Waals surface area contributed by atoms with Crippen LogP contribution in [0.15, 0.2) is 54.6 Å². The number of carbonyl (C=O) groups is 2. The fourth-order valence-corrected chi connectivity index (χ4v) is 5.19. The first kappa shape index (κ1) is 25.6. The number of ether oxygens (including phenoxy) is 2. The lowest BCUT2D eigenvalue weighted by Gasteiger charge is -2.39. The number of Topliss-reactive ketones (excluding diaryl/α,β-unsaturated/α-hetero) is 1. The summed E-state index contributed by atoms with van der Waals surface area (Å²) in [4.78, 5) is 25.7. The molecule has 1 N–H and O–H groups in total. The Balaban J connectivity index is 1.43. The molecule has 35 heavy (non-hydrogen) atoms. The molecule has 0 bridgehead atoms. The van der Waals surface area contributed by atoms with Crippen molar-refractivity contribution in [2.45, 2.75) is 95.5 Å². The van der Waals surface area contributed by atoms with Crippen molar-refractivity contribution in [1.82, 2.24) is 5.32 Å². The van der Waals surface area contributed by atoms with Crippen LogP contribution in [0.4, 0.5) is 0 Å². The number of esters is 1. The second kappa shape index (κ2) is 11.5. The van der Waals surface area contributed by atoms with Gasteiger partial charge in [-0.1, -0.05) is 61.7 Å². The summed E-state index contributed by atoms with van der Waals surface area (Å²) in [7, 11) is 0. The van der Waals surface area contributed by atoms with Gasteiger partial charge in [-0.25, -0.2) is 4.79 Å². The first-order chi connectivity index (χ1) is 16.8. The number of piperidine rings is 1. The Kier molecular flexibility index (Phi) is 8.40. The van der Waals surface area contributed by atoms with E-state index in [-0.39, 0.29) is 30.0 Å². The lowest BCUT2D eigenvalue weighted by Crippen LogP contribution is -2.54. The third-order valence-electron chi connectivity index (χ3n) is 6.98. The van der Waals surface area contributed by atoms with E-state index in [0.717, 1.165) is 31.4 Å². The fourth-order valence-electron chi connectivity index (χ4n) is 5.19. The van der Waals surface area contributed by atoms with Gasteiger partial charge in [0.2, 0.25) is 0 Å². The van der Waals surface area contributed by atoms with Gasteiger partial charge >= 0.3 is 5.97 Å². The molecule has 1 heterocycles. The van der Waals surface area contributed by atoms with Gasteiger partial charge < -0.3 is 14.8 Å². The smallest absolute Gasteiger partial charge is 0.338 e. The van der Waals surface area contributed by atoms with Crippen molar-refractivity contribution in [2.75, 3.05) is 6.54 Å². The normalized spacial score (nSPS) is 23.6. The maximum Gasteiger partial charge on any atom is 0.338 e. The van der Waals surface area contributed by atoms with Gasteiger partial charge in [-0.3, -0.25) is 4.79 Å². The van der Waals surface area contributed by atoms with Gasteiger partial charge in [-0.15, -0.1) is 0 Å². The molecule has 188 valence electrons. The topological polar surface area (TPSA) is 64.6 Å². The molecule has 0 radical (unpaired) electrons. The molecule has 2 fully saturated rings. The van der Waals surface area contributed by atoms with Crippen molar-refractivity contribution in [1.29, 1.82) is 0 Å². The van der Waals surface area contributed by atoms with E-state index in [1.807, 2.05) is 39.0 Å². The molecule has 0 amide bonds. The number of nitrogens with one attached hydrogen (secondary N) is 1. The Labute approximate surface area is 209 Å². The molecule has 4 rings (SSSR count). The molecule has 1 saturated heterocycles. The average Bonchev–Trinajstić information content (AvgIpc) is 2.84. The molecule has 0 spiro atoms. The number of hydrogen-bond acceptors (Lipinski definition) is 5. The second-order valence-electron chi connectivity index (χ2n) is 11.0. The summed E-state index contributed by atoms with van der Waals surface area (Å²) in [6, 6.07) is 17.4. The van der Waals surface area contributed by atoms with Gasteiger partial charge in [0.25, 0.3) is 0 Å². The maximum absolute atomic E-state index is 13.4. The molecule has 2 aliphatic rings. The molecule has 1 saturated carbocycles. The Morgan fingerprint density at radius 2 is 1.63 bits per heavy atom. The van der Waals surface area contributed by atoms with Crippen molar-refractivity contribution < 1.29 is 19.1 Å². The highest BCUT2D eigenvalue weighted by Gasteiger charge is 2.37. The number of hydrogen-bond donors (Lipinski definition) is 1. The van der Waals surface area contributed by atoms with Crippen LogP contribution in [-0.4, -0.2) is 42.1 Å². The minimum absolute atomic E-state index is 0.134. The molecule has 2 aromatic rings. The quantitative estimate of drug-likeness (QED) is 0.525. The Bertz CT molecular complexity index is 974. The third kappa shape index (κ3) is 7.25. The average molecular weight is 478 g/mol. The van der Waals surface area contributed by atoms with Crippen molar-refractivity contribution in [3.8, 4) is 0 Å². The molecule has 2 aromatic carbocycles. The molecule has 5 nitrogen and oxygen atoms in total. The largest absolute Gasteiger partial charge is 0.456 e. The minimum Gasteiger partial charge on any atom is -0.456 e. The lowest BCUT2D eigenvalue weighted by molar-refractivity contribution is -0.129. The Morgan fingerprint density at radius 3 is 2.29 bits per heavy atom. The van der Waals surface area contributed by atoms with E-state index in [9.17, 15) is 9.59 Å². The van der Waals surface area contributed by atoms with E-state index in [2.05, 4.69) is 29.6 Å². The van der Waals surface area contributed by atoms with E-state index in [0.29, 0.717) is 17.9 Å². The summed E-state index contributed by atoms with van der Waals surface area (Å²) in [5.74, 6) is 0.126. The van der Waals surface area contributed by atoms with Crippen LogP contribution >= 0.6 is 0 Å². The van der Waals surface area contributed by atoms with E-state index in [4.69, 9.17) is 9.47 Å². The predicted octanol–water partition coefficient (Wildman–Crippen LogP) is 5.62. The zero-order valence-corrected chi connectivity index (χ0v) is 21.3. The van der Waals surface area contributed by atoms with Gasteiger partial charge in [-0.05, 0) is 69.2 Å². The highest BCUT2D eigenvalue weighted by atomic mass is 16.6. The van der Waals surface area contributed by atoms with Gasteiger partial charge in [0, 0.05) is 13.0 Å². The highest BCUT2D eigenvalue weighted by Crippen LogP contribution is 2.31. The van der Waals surface area contributed by atoms with Gasteiger partial charge in [0.1, 0.15) is 5.60 Å². The van der Waals surface area contributed by atoms with Crippen molar-refractivity contribution in [3.63, 3.8) is 0 Å². The summed E-state index contributed by atoms with van der Waals surface area (Å²) in [5, 5.41) is 3.53. The Morgan fingerprint density at radius 1 is 0.943 bits per heavy atom. The lowest BCUT2D eigenvalue weighted by atomic mass is 9.84. The van der Waals surface area contributed by atoms with E-state index < -0.39 is 5.60 Å². The second-order valence-corrected chi connectivity index (χ2v) is 11.0. The first-order valence-electron chi connectivity index (χ1n) is 13.1. The summed E-state index contributed by atoms with van der Waals surface area (Å²) in [6.45, 7) is 6.32. The number of ketones is 1. The fraction of sp³-hybridized carbons (Fsp3) is 0.533. The summed E-state index contributed by atoms with van der Waals surface area (Å²) >= 11 is 0. The van der Waals surface area contributed by atoms with E-state index in [1.54, 1.807) is 12.1 Å². The molecule has 5 heteroatoms. The Hall–Kier alpha value is -2.50. The van der Waals surface area contributed by atoms with Crippen LogP contribution < -0.4 is 5.32 Å². The third-order valence-corrected chi connectivity index (χ3v) is 6.98. The van der Waals surface area contributed by atoms with Crippen LogP contribution in [0.1, 0.15) is 86.7 Å². The standard InChI is InChI=1S/C30H39NO4/c1-30(2,3)35-29(33)23-16-14-21(15-17-23)18-26(32)28-27(34-25-12-8-5-9-13-25)19-24(20-31-28)22-10-6-4-7-11-22/h4,6-7,10-11,14-17,24-25,27-28,31H,5,8-9,12-13,18-20H2,1-3H3/t24-,27+,28+/m0/s1. The molecule has 0 aromatic heterocycles. The van der Waals surface area contributed by atoms with Crippen molar-refractivity contribution in [3.05, 3.63) is 71.3 Å². The first-order valence-corrected chi connectivity index (χ1v) is 13.1. The van der Waals surface area contributed by atoms with Crippen LogP contribution in [0.5, 0.6) is 0 Å². The zero-order chi connectivity index (χ0) is 24.8. The number of benzene rings is 2. The van der Waals surface area contributed by atoms with Crippen LogP contribution in [0.3, 0.4) is 0 Å². The molecular formula is C30H39NO4. The van der Waals surface area contributed by atoms with Crippen molar-refractivity contribution in [2.24, 2.45) is 0 Å². The molecule has 3 atom stereocenters. The minimum atomic E-state index is -0.538. The van der Waals surface area contributed by atoms with Crippen molar-refractivity contribution >= 4 is 11.8 Å². The predicted molar refractivity (Wildman–Crippen MR) is 138 cm³/mol. The van der Waals surface area contributed by atoms with Crippen LogP contribution in [-0.2, 0) is 20.7 Å². The van der Waals surface area contributed by atoms with E-state index >= 15 is 0 Å². The van der Waals surface area contributed by atoms with Gasteiger partial charge in [-0.2, -0.15) is 0 Å². The summed E-state index contributed by atoms with van der Waals surface area (Å²) in [5.41, 5.74) is 2.14. The van der Waals surface area contributed by atoms with Crippen LogP contribution in [0, 0.1) is 0 Å². The maximum atomic E-state index is 13.4. The molecule has 1 aliphatic heterocycles. The molecule has 1 aliphatic carbocycles. The van der Waals surface area contributed by atoms with Gasteiger partial charge in [0.15, 0.2) is 5.78 Å². The summed E-state index contributed by atoms with van der Waals surface area (Å²) in [6.07, 6.45) is 7.12. The summed E-state index contributed by atoms with van der Waals surface area (Å²) < 4.78 is 12.0. The zero-order valence-electron chi connectivity index (χ0n) is 21.3. The van der Waals surface area contributed by atoms with E-state index in [1.165, 1.54) is 24.8 Å². The SMILES string of the molecule is CC(C)(C)OC(=O)c1ccc(CC(=O)[C@H]2NC[C@@H](c3ccccc3)C[C@H]2OC2CCCCC2)cc1. The van der Waals surface area contributed by atoms with Gasteiger partial charge in [0.05, 0.1) is 23.8 Å². The number of rotatable bonds is 7. The van der Waals surface area contributed by atoms with Crippen LogP contribution in [0.2, 0.25) is 0 Å². The monoisotopic (exact) mass is 477 g/mol. The van der Waals surface area contributed by atoms with Crippen LogP contribution in [0.25, 0.3) is 0 Å².